The Hall–Kier alpha value is -0.440. The Morgan fingerprint density at radius 2 is 2.20 bits per heavy atom. The van der Waals surface area contributed by atoms with Crippen molar-refractivity contribution in [2.75, 3.05) is 5.75 Å². The van der Waals surface area contributed by atoms with Gasteiger partial charge in [0.2, 0.25) is 0 Å². The highest BCUT2D eigenvalue weighted by atomic mass is 35.5. The lowest BCUT2D eigenvalue weighted by Gasteiger charge is -1.99. The topological polar surface area (TPSA) is 17.1 Å². The summed E-state index contributed by atoms with van der Waals surface area (Å²) in [7, 11) is 0. The molecule has 0 aliphatic rings. The number of halogens is 2. The van der Waals surface area contributed by atoms with Crippen molar-refractivity contribution < 1.29 is 4.79 Å². The van der Waals surface area contributed by atoms with Crippen molar-refractivity contribution >= 4 is 46.2 Å². The summed E-state index contributed by atoms with van der Waals surface area (Å²) in [5.74, 6) is 0.651. The Morgan fingerprint density at radius 1 is 1.47 bits per heavy atom. The largest absolute Gasteiger partial charge is 0.288 e. The predicted octanol–water partition coefficient (Wildman–Crippen LogP) is 4.29. The summed E-state index contributed by atoms with van der Waals surface area (Å²) in [6.45, 7) is 1.55. The fourth-order valence-electron chi connectivity index (χ4n) is 0.990. The predicted molar refractivity (Wildman–Crippen MR) is 68.6 cm³/mol. The van der Waals surface area contributed by atoms with E-state index in [0.717, 1.165) is 5.56 Å². The van der Waals surface area contributed by atoms with Crippen LogP contribution >= 0.6 is 35.0 Å². The summed E-state index contributed by atoms with van der Waals surface area (Å²) in [6, 6.07) is 5.46. The van der Waals surface area contributed by atoms with Gasteiger partial charge in [-0.25, -0.2) is 0 Å². The van der Waals surface area contributed by atoms with Crippen molar-refractivity contribution in [1.82, 2.24) is 0 Å². The maximum atomic E-state index is 10.7. The maximum absolute atomic E-state index is 10.7. The van der Waals surface area contributed by atoms with E-state index in [1.54, 1.807) is 13.0 Å². The van der Waals surface area contributed by atoms with Gasteiger partial charge in [0.1, 0.15) is 0 Å². The van der Waals surface area contributed by atoms with Crippen LogP contribution in [0.3, 0.4) is 0 Å². The summed E-state index contributed by atoms with van der Waals surface area (Å²) in [5, 5.41) is 1.19. The first-order chi connectivity index (χ1) is 7.11. The molecule has 0 saturated carbocycles. The molecule has 0 aliphatic carbocycles. The van der Waals surface area contributed by atoms with Crippen molar-refractivity contribution in [3.63, 3.8) is 0 Å². The number of hydrogen-bond acceptors (Lipinski definition) is 2. The monoisotopic (exact) mass is 260 g/mol. The molecule has 0 saturated heterocycles. The molecule has 0 amide bonds. The molecular formula is C11H10Cl2OS. The summed E-state index contributed by atoms with van der Waals surface area (Å²) in [5.41, 5.74) is 0.869. The lowest BCUT2D eigenvalue weighted by molar-refractivity contribution is -0.109. The normalized spacial score (nSPS) is 10.9. The van der Waals surface area contributed by atoms with Crippen LogP contribution in [0, 0.1) is 0 Å². The zero-order valence-corrected chi connectivity index (χ0v) is 10.5. The van der Waals surface area contributed by atoms with Crippen LogP contribution in [0.1, 0.15) is 12.5 Å². The molecule has 0 unspecified atom stereocenters. The van der Waals surface area contributed by atoms with Crippen LogP contribution in [0.5, 0.6) is 0 Å². The van der Waals surface area contributed by atoms with Crippen molar-refractivity contribution in [3.05, 3.63) is 39.9 Å². The highest BCUT2D eigenvalue weighted by Gasteiger charge is 2.00. The van der Waals surface area contributed by atoms with Gasteiger partial charge in [-0.3, -0.25) is 4.79 Å². The average Bonchev–Trinajstić information content (AvgIpc) is 2.18. The Morgan fingerprint density at radius 3 is 2.87 bits per heavy atom. The van der Waals surface area contributed by atoms with Crippen LogP contribution in [-0.4, -0.2) is 10.9 Å². The Kier molecular flexibility index (Phi) is 5.23. The molecule has 0 aliphatic heterocycles. The van der Waals surface area contributed by atoms with Gasteiger partial charge < -0.3 is 0 Å². The maximum Gasteiger partial charge on any atom is 0.186 e. The molecule has 0 fully saturated rings. The van der Waals surface area contributed by atoms with Gasteiger partial charge in [0.05, 0.1) is 10.0 Å². The van der Waals surface area contributed by atoms with Gasteiger partial charge in [0.15, 0.2) is 5.12 Å². The zero-order valence-electron chi connectivity index (χ0n) is 8.17. The lowest BCUT2D eigenvalue weighted by Crippen LogP contribution is -1.82. The lowest BCUT2D eigenvalue weighted by atomic mass is 10.2. The van der Waals surface area contributed by atoms with Gasteiger partial charge in [0, 0.05) is 12.7 Å². The third-order valence-electron chi connectivity index (χ3n) is 1.66. The second-order valence-electron chi connectivity index (χ2n) is 2.85. The molecule has 0 atom stereocenters. The minimum Gasteiger partial charge on any atom is -0.288 e. The fraction of sp³-hybridized carbons (Fsp3) is 0.182. The van der Waals surface area contributed by atoms with E-state index in [1.165, 1.54) is 11.8 Å². The molecule has 1 aromatic carbocycles. The SMILES string of the molecule is CC(=O)SCC=Cc1cccc(Cl)c1Cl. The summed E-state index contributed by atoms with van der Waals surface area (Å²) >= 11 is 13.1. The summed E-state index contributed by atoms with van der Waals surface area (Å²) < 4.78 is 0. The second-order valence-corrected chi connectivity index (χ2v) is 4.83. The van der Waals surface area contributed by atoms with E-state index in [0.29, 0.717) is 15.8 Å². The van der Waals surface area contributed by atoms with Gasteiger partial charge in [-0.15, -0.1) is 0 Å². The number of carbonyl (C=O) groups is 1. The first-order valence-electron chi connectivity index (χ1n) is 4.35. The fourth-order valence-corrected chi connectivity index (χ4v) is 1.79. The molecule has 0 radical (unpaired) electrons. The van der Waals surface area contributed by atoms with Crippen molar-refractivity contribution in [2.45, 2.75) is 6.92 Å². The summed E-state index contributed by atoms with van der Waals surface area (Å²) in [6.07, 6.45) is 3.76. The van der Waals surface area contributed by atoms with Gasteiger partial charge in [-0.05, 0) is 11.6 Å². The van der Waals surface area contributed by atoms with Crippen LogP contribution < -0.4 is 0 Å². The molecule has 4 heteroatoms. The first kappa shape index (κ1) is 12.6. The average molecular weight is 261 g/mol. The number of rotatable bonds is 3. The van der Waals surface area contributed by atoms with Crippen LogP contribution in [-0.2, 0) is 4.79 Å². The Balaban J connectivity index is 2.64. The minimum absolute atomic E-state index is 0.108. The third kappa shape index (κ3) is 4.29. The number of hydrogen-bond donors (Lipinski definition) is 0. The molecule has 0 aromatic heterocycles. The zero-order chi connectivity index (χ0) is 11.3. The molecule has 0 heterocycles. The standard InChI is InChI=1S/C11H10Cl2OS/c1-8(14)15-7-3-5-9-4-2-6-10(12)11(9)13/h2-6H,7H2,1H3. The van der Waals surface area contributed by atoms with Gasteiger partial charge in [-0.2, -0.15) is 0 Å². The van der Waals surface area contributed by atoms with E-state index in [1.807, 2.05) is 24.3 Å². The van der Waals surface area contributed by atoms with Crippen molar-refractivity contribution in [3.8, 4) is 0 Å². The molecule has 15 heavy (non-hydrogen) atoms. The van der Waals surface area contributed by atoms with Crippen LogP contribution in [0.15, 0.2) is 24.3 Å². The van der Waals surface area contributed by atoms with E-state index in [9.17, 15) is 4.79 Å². The van der Waals surface area contributed by atoms with Crippen LogP contribution in [0.4, 0.5) is 0 Å². The van der Waals surface area contributed by atoms with Crippen molar-refractivity contribution in [1.29, 1.82) is 0 Å². The molecule has 0 N–H and O–H groups in total. The van der Waals surface area contributed by atoms with E-state index < -0.39 is 0 Å². The number of carbonyl (C=O) groups excluding carboxylic acids is 1. The summed E-state index contributed by atoms with van der Waals surface area (Å²) in [4.78, 5) is 10.7. The van der Waals surface area contributed by atoms with E-state index >= 15 is 0 Å². The quantitative estimate of drug-likeness (QED) is 0.807. The van der Waals surface area contributed by atoms with Crippen molar-refractivity contribution in [2.24, 2.45) is 0 Å². The number of benzene rings is 1. The Labute approximate surface area is 103 Å². The number of thioether (sulfide) groups is 1. The minimum atomic E-state index is 0.108. The highest BCUT2D eigenvalue weighted by Crippen LogP contribution is 2.26. The molecule has 0 spiro atoms. The second kappa shape index (κ2) is 6.21. The van der Waals surface area contributed by atoms with Gasteiger partial charge >= 0.3 is 0 Å². The van der Waals surface area contributed by atoms with E-state index in [4.69, 9.17) is 23.2 Å². The van der Waals surface area contributed by atoms with E-state index in [-0.39, 0.29) is 5.12 Å². The van der Waals surface area contributed by atoms with Gasteiger partial charge in [-0.1, -0.05) is 59.2 Å². The molecular weight excluding hydrogens is 251 g/mol. The molecule has 0 bridgehead atoms. The molecule has 1 aromatic rings. The van der Waals surface area contributed by atoms with Crippen LogP contribution in [0.2, 0.25) is 10.0 Å². The van der Waals surface area contributed by atoms with Crippen LogP contribution in [0.25, 0.3) is 6.08 Å². The van der Waals surface area contributed by atoms with Gasteiger partial charge in [0.25, 0.3) is 0 Å². The Bertz CT molecular complexity index is 388. The molecule has 1 rings (SSSR count). The van der Waals surface area contributed by atoms with E-state index in [2.05, 4.69) is 0 Å². The third-order valence-corrected chi connectivity index (χ3v) is 3.26. The first-order valence-corrected chi connectivity index (χ1v) is 6.09. The smallest absolute Gasteiger partial charge is 0.186 e. The highest BCUT2D eigenvalue weighted by molar-refractivity contribution is 8.13. The molecule has 80 valence electrons. The molecule has 1 nitrogen and oxygen atoms in total.